The number of rotatable bonds is 2. The molecule has 1 aliphatic carbocycles. The standard InChI is InChI=1S/C12H20O3/c1-2-15-12(14)10-6-4-3-5-7-11(13)9-8-10/h10H,2-9H2,1H3. The summed E-state index contributed by atoms with van der Waals surface area (Å²) in [5.74, 6) is 0.130. The van der Waals surface area contributed by atoms with Crippen LogP contribution in [0, 0.1) is 5.92 Å². The monoisotopic (exact) mass is 212 g/mol. The van der Waals surface area contributed by atoms with Crippen molar-refractivity contribution in [3.8, 4) is 0 Å². The van der Waals surface area contributed by atoms with E-state index in [0.29, 0.717) is 31.7 Å². The summed E-state index contributed by atoms with van der Waals surface area (Å²) in [5, 5.41) is 0. The Labute approximate surface area is 91.2 Å². The fourth-order valence-corrected chi connectivity index (χ4v) is 1.99. The molecule has 0 radical (unpaired) electrons. The normalized spacial score (nSPS) is 23.8. The number of carbonyl (C=O) groups excluding carboxylic acids is 2. The molecule has 0 aromatic heterocycles. The largest absolute Gasteiger partial charge is 0.466 e. The van der Waals surface area contributed by atoms with Gasteiger partial charge >= 0.3 is 5.97 Å². The minimum Gasteiger partial charge on any atom is -0.466 e. The molecule has 0 aromatic carbocycles. The van der Waals surface area contributed by atoms with Gasteiger partial charge in [0.05, 0.1) is 12.5 Å². The third kappa shape index (κ3) is 4.45. The van der Waals surface area contributed by atoms with Gasteiger partial charge in [-0.1, -0.05) is 12.8 Å². The molecule has 1 rings (SSSR count). The molecule has 0 aromatic rings. The van der Waals surface area contributed by atoms with Gasteiger partial charge in [-0.2, -0.15) is 0 Å². The van der Waals surface area contributed by atoms with Crippen LogP contribution >= 0.6 is 0 Å². The van der Waals surface area contributed by atoms with Gasteiger partial charge in [-0.05, 0) is 26.2 Å². The lowest BCUT2D eigenvalue weighted by Crippen LogP contribution is -2.18. The van der Waals surface area contributed by atoms with Crippen molar-refractivity contribution >= 4 is 11.8 Å². The number of carbonyl (C=O) groups is 2. The summed E-state index contributed by atoms with van der Waals surface area (Å²) in [7, 11) is 0. The van der Waals surface area contributed by atoms with Gasteiger partial charge in [-0.15, -0.1) is 0 Å². The Hall–Kier alpha value is -0.860. The third-order valence-electron chi connectivity index (χ3n) is 2.90. The van der Waals surface area contributed by atoms with E-state index in [0.717, 1.165) is 25.7 Å². The number of esters is 1. The SMILES string of the molecule is CCOC(=O)C1CCCCCC(=O)CC1. The smallest absolute Gasteiger partial charge is 0.308 e. The van der Waals surface area contributed by atoms with Crippen LogP contribution in [0.3, 0.4) is 0 Å². The van der Waals surface area contributed by atoms with E-state index in [1.165, 1.54) is 0 Å². The Morgan fingerprint density at radius 2 is 2.07 bits per heavy atom. The summed E-state index contributed by atoms with van der Waals surface area (Å²) in [6.07, 6.45) is 5.87. The molecule has 3 nitrogen and oxygen atoms in total. The van der Waals surface area contributed by atoms with Gasteiger partial charge < -0.3 is 4.74 Å². The van der Waals surface area contributed by atoms with Crippen LogP contribution in [0.15, 0.2) is 0 Å². The first kappa shape index (κ1) is 12.2. The van der Waals surface area contributed by atoms with Crippen LogP contribution in [0.1, 0.15) is 51.9 Å². The van der Waals surface area contributed by atoms with Crippen LogP contribution in [-0.2, 0) is 14.3 Å². The van der Waals surface area contributed by atoms with Crippen LogP contribution in [-0.4, -0.2) is 18.4 Å². The van der Waals surface area contributed by atoms with Crippen LogP contribution in [0.5, 0.6) is 0 Å². The van der Waals surface area contributed by atoms with E-state index in [4.69, 9.17) is 4.74 Å². The number of ketones is 1. The highest BCUT2D eigenvalue weighted by atomic mass is 16.5. The van der Waals surface area contributed by atoms with Gasteiger partial charge in [0, 0.05) is 12.8 Å². The predicted molar refractivity (Wildman–Crippen MR) is 57.4 cm³/mol. The van der Waals surface area contributed by atoms with Crippen LogP contribution < -0.4 is 0 Å². The molecule has 0 bridgehead atoms. The Balaban J connectivity index is 2.46. The molecule has 0 saturated heterocycles. The molecular weight excluding hydrogens is 192 g/mol. The maximum absolute atomic E-state index is 11.5. The van der Waals surface area contributed by atoms with Crippen molar-refractivity contribution < 1.29 is 14.3 Å². The van der Waals surface area contributed by atoms with Gasteiger partial charge in [0.2, 0.25) is 0 Å². The van der Waals surface area contributed by atoms with Gasteiger partial charge in [-0.3, -0.25) is 9.59 Å². The maximum atomic E-state index is 11.5. The minimum absolute atomic E-state index is 0.0491. The molecule has 15 heavy (non-hydrogen) atoms. The highest BCUT2D eigenvalue weighted by Crippen LogP contribution is 2.21. The number of hydrogen-bond donors (Lipinski definition) is 0. The molecule has 0 aliphatic heterocycles. The zero-order valence-corrected chi connectivity index (χ0v) is 9.46. The quantitative estimate of drug-likeness (QED) is 0.660. The number of Topliss-reactive ketones (excluding diaryl/α,β-unsaturated/α-hetero) is 1. The van der Waals surface area contributed by atoms with Crippen LogP contribution in [0.4, 0.5) is 0 Å². The molecular formula is C12H20O3. The molecule has 1 atom stereocenters. The fraction of sp³-hybridized carbons (Fsp3) is 0.833. The topological polar surface area (TPSA) is 43.4 Å². The summed E-state index contributed by atoms with van der Waals surface area (Å²) in [6, 6.07) is 0. The number of ether oxygens (including phenoxy) is 1. The zero-order chi connectivity index (χ0) is 11.1. The van der Waals surface area contributed by atoms with Gasteiger partial charge in [-0.25, -0.2) is 0 Å². The zero-order valence-electron chi connectivity index (χ0n) is 9.46. The molecule has 0 spiro atoms. The molecule has 1 aliphatic rings. The van der Waals surface area contributed by atoms with Crippen molar-refractivity contribution in [2.24, 2.45) is 5.92 Å². The summed E-state index contributed by atoms with van der Waals surface area (Å²) < 4.78 is 5.00. The van der Waals surface area contributed by atoms with E-state index in [1.807, 2.05) is 6.92 Å². The first-order valence-corrected chi connectivity index (χ1v) is 5.92. The minimum atomic E-state index is -0.118. The predicted octanol–water partition coefficient (Wildman–Crippen LogP) is 2.48. The third-order valence-corrected chi connectivity index (χ3v) is 2.90. The lowest BCUT2D eigenvalue weighted by atomic mass is 9.97. The first-order chi connectivity index (χ1) is 7.24. The van der Waals surface area contributed by atoms with Crippen LogP contribution in [0.2, 0.25) is 0 Å². The lowest BCUT2D eigenvalue weighted by Gasteiger charge is -2.13. The number of hydrogen-bond acceptors (Lipinski definition) is 3. The molecule has 86 valence electrons. The maximum Gasteiger partial charge on any atom is 0.308 e. The average molecular weight is 212 g/mol. The van der Waals surface area contributed by atoms with Crippen molar-refractivity contribution in [2.75, 3.05) is 6.61 Å². The Kier molecular flexibility index (Phi) is 5.37. The van der Waals surface area contributed by atoms with E-state index >= 15 is 0 Å². The van der Waals surface area contributed by atoms with Crippen molar-refractivity contribution in [1.29, 1.82) is 0 Å². The molecule has 0 N–H and O–H groups in total. The average Bonchev–Trinajstić information content (AvgIpc) is 2.31. The van der Waals surface area contributed by atoms with Crippen molar-refractivity contribution in [1.82, 2.24) is 0 Å². The second kappa shape index (κ2) is 6.59. The summed E-state index contributed by atoms with van der Waals surface area (Å²) in [5.41, 5.74) is 0. The van der Waals surface area contributed by atoms with Gasteiger partial charge in [0.15, 0.2) is 0 Å². The molecule has 0 heterocycles. The van der Waals surface area contributed by atoms with Crippen molar-refractivity contribution in [3.63, 3.8) is 0 Å². The van der Waals surface area contributed by atoms with E-state index in [-0.39, 0.29) is 11.9 Å². The fourth-order valence-electron chi connectivity index (χ4n) is 1.99. The lowest BCUT2D eigenvalue weighted by molar-refractivity contribution is -0.148. The Morgan fingerprint density at radius 3 is 2.80 bits per heavy atom. The molecule has 1 fully saturated rings. The molecule has 3 heteroatoms. The Bertz CT molecular complexity index is 223. The summed E-state index contributed by atoms with van der Waals surface area (Å²) >= 11 is 0. The van der Waals surface area contributed by atoms with E-state index in [9.17, 15) is 9.59 Å². The molecule has 1 saturated carbocycles. The summed E-state index contributed by atoms with van der Waals surface area (Å²) in [6.45, 7) is 2.25. The molecule has 0 amide bonds. The highest BCUT2D eigenvalue weighted by molar-refractivity contribution is 5.79. The van der Waals surface area contributed by atoms with Crippen molar-refractivity contribution in [2.45, 2.75) is 51.9 Å². The Morgan fingerprint density at radius 1 is 1.27 bits per heavy atom. The second-order valence-corrected chi connectivity index (χ2v) is 4.13. The molecule has 1 unspecified atom stereocenters. The van der Waals surface area contributed by atoms with Gasteiger partial charge in [0.25, 0.3) is 0 Å². The summed E-state index contributed by atoms with van der Waals surface area (Å²) in [4.78, 5) is 22.9. The van der Waals surface area contributed by atoms with Crippen LogP contribution in [0.25, 0.3) is 0 Å². The second-order valence-electron chi connectivity index (χ2n) is 4.13. The highest BCUT2D eigenvalue weighted by Gasteiger charge is 2.21. The first-order valence-electron chi connectivity index (χ1n) is 5.92. The van der Waals surface area contributed by atoms with Crippen molar-refractivity contribution in [3.05, 3.63) is 0 Å². The van der Waals surface area contributed by atoms with E-state index in [2.05, 4.69) is 0 Å². The van der Waals surface area contributed by atoms with E-state index < -0.39 is 0 Å². The van der Waals surface area contributed by atoms with Gasteiger partial charge in [0.1, 0.15) is 5.78 Å². The van der Waals surface area contributed by atoms with E-state index in [1.54, 1.807) is 0 Å².